The van der Waals surface area contributed by atoms with Gasteiger partial charge in [0.15, 0.2) is 0 Å². The zero-order valence-corrected chi connectivity index (χ0v) is 12.2. The highest BCUT2D eigenvalue weighted by molar-refractivity contribution is 5.68. The summed E-state index contributed by atoms with van der Waals surface area (Å²) in [5, 5.41) is 0. The van der Waals surface area contributed by atoms with Crippen LogP contribution in [-0.4, -0.2) is 0 Å². The molecule has 1 fully saturated rings. The molecule has 2 rings (SSSR count). The second-order valence-corrected chi connectivity index (χ2v) is 5.34. The monoisotopic (exact) mass is 252 g/mol. The van der Waals surface area contributed by atoms with Gasteiger partial charge in [-0.3, -0.25) is 0 Å². The summed E-state index contributed by atoms with van der Waals surface area (Å²) in [4.78, 5) is 0. The van der Waals surface area contributed by atoms with Gasteiger partial charge in [-0.2, -0.15) is 0 Å². The van der Waals surface area contributed by atoms with Crippen LogP contribution >= 0.6 is 0 Å². The molecule has 0 saturated heterocycles. The van der Waals surface area contributed by atoms with Crippen LogP contribution in [0.25, 0.3) is 0 Å². The van der Waals surface area contributed by atoms with E-state index in [0.717, 1.165) is 0 Å². The first-order valence-corrected chi connectivity index (χ1v) is 7.25. The second-order valence-electron chi connectivity index (χ2n) is 5.34. The van der Waals surface area contributed by atoms with Gasteiger partial charge in [-0.25, -0.2) is 0 Å². The van der Waals surface area contributed by atoms with Crippen LogP contribution in [0.2, 0.25) is 0 Å². The third kappa shape index (κ3) is 2.00. The summed E-state index contributed by atoms with van der Waals surface area (Å²) >= 11 is 0. The molecular formula is C19H24. The van der Waals surface area contributed by atoms with E-state index in [1.807, 2.05) is 12.2 Å². The molecule has 0 N–H and O–H groups in total. The van der Waals surface area contributed by atoms with E-state index in [-0.39, 0.29) is 5.41 Å². The molecular weight excluding hydrogens is 228 g/mol. The predicted molar refractivity (Wildman–Crippen MR) is 85.0 cm³/mol. The summed E-state index contributed by atoms with van der Waals surface area (Å²) in [7, 11) is 0. The van der Waals surface area contributed by atoms with Crippen molar-refractivity contribution in [2.45, 2.75) is 39.5 Å². The third-order valence-electron chi connectivity index (χ3n) is 4.47. The zero-order chi connectivity index (χ0) is 13.9. The molecule has 0 unspecified atom stereocenters. The number of hydrogen-bond acceptors (Lipinski definition) is 0. The highest BCUT2D eigenvalue weighted by Crippen LogP contribution is 2.59. The highest BCUT2D eigenvalue weighted by Gasteiger charge is 2.46. The van der Waals surface area contributed by atoms with Crippen molar-refractivity contribution < 1.29 is 0 Å². The molecule has 19 heavy (non-hydrogen) atoms. The van der Waals surface area contributed by atoms with Crippen LogP contribution in [0, 0.1) is 5.41 Å². The molecule has 1 spiro atoms. The maximum absolute atomic E-state index is 4.04. The molecule has 2 aliphatic carbocycles. The molecule has 0 radical (unpaired) electrons. The second kappa shape index (κ2) is 5.61. The Morgan fingerprint density at radius 2 is 1.79 bits per heavy atom. The molecule has 0 amide bonds. The van der Waals surface area contributed by atoms with Crippen molar-refractivity contribution in [2.75, 3.05) is 0 Å². The summed E-state index contributed by atoms with van der Waals surface area (Å²) in [5.41, 5.74) is 5.79. The Kier molecular flexibility index (Phi) is 4.09. The van der Waals surface area contributed by atoms with E-state index in [0.29, 0.717) is 0 Å². The molecule has 0 heterocycles. The van der Waals surface area contributed by atoms with Gasteiger partial charge < -0.3 is 0 Å². The van der Waals surface area contributed by atoms with E-state index >= 15 is 0 Å². The van der Waals surface area contributed by atoms with Crippen LogP contribution in [0.15, 0.2) is 71.9 Å². The van der Waals surface area contributed by atoms with E-state index in [2.05, 4.69) is 51.3 Å². The predicted octanol–water partition coefficient (Wildman–Crippen LogP) is 5.68. The van der Waals surface area contributed by atoms with Gasteiger partial charge in [-0.15, -0.1) is 0 Å². The summed E-state index contributed by atoms with van der Waals surface area (Å²) in [6.45, 7) is 12.2. The Balaban J connectivity index is 2.72. The Morgan fingerprint density at radius 1 is 1.11 bits per heavy atom. The summed E-state index contributed by atoms with van der Waals surface area (Å²) in [6, 6.07) is 0. The quantitative estimate of drug-likeness (QED) is 0.606. The van der Waals surface area contributed by atoms with Crippen molar-refractivity contribution >= 4 is 0 Å². The first kappa shape index (κ1) is 13.9. The lowest BCUT2D eigenvalue weighted by atomic mass is 9.75. The van der Waals surface area contributed by atoms with E-state index in [1.54, 1.807) is 0 Å². The Hall–Kier alpha value is -1.56. The van der Waals surface area contributed by atoms with Crippen LogP contribution in [0.5, 0.6) is 0 Å². The first-order chi connectivity index (χ1) is 9.25. The fourth-order valence-electron chi connectivity index (χ4n) is 3.78. The first-order valence-electron chi connectivity index (χ1n) is 7.25. The minimum atomic E-state index is 0.214. The van der Waals surface area contributed by atoms with E-state index in [4.69, 9.17) is 0 Å². The van der Waals surface area contributed by atoms with Crippen molar-refractivity contribution in [2.24, 2.45) is 5.41 Å². The molecule has 0 aromatic carbocycles. The van der Waals surface area contributed by atoms with Gasteiger partial charge in [0.05, 0.1) is 0 Å². The topological polar surface area (TPSA) is 0 Å². The minimum Gasteiger partial charge on any atom is -0.0991 e. The maximum atomic E-state index is 4.04. The summed E-state index contributed by atoms with van der Waals surface area (Å²) < 4.78 is 0. The zero-order valence-electron chi connectivity index (χ0n) is 12.2. The van der Waals surface area contributed by atoms with Crippen LogP contribution in [0.1, 0.15) is 39.5 Å². The smallest absolute Gasteiger partial charge is 0.0215 e. The standard InChI is InChI=1S/C19H24/c1-5-11-17-15(7-3)16(8-4)18(12-6-2)19(17)13-9-10-14-19/h5-8,11-12H,1,4,9-10,13-14H2,2-3H3/b12-6-,15-7-,17-11+. The normalized spacial score (nSPS) is 26.2. The molecule has 0 atom stereocenters. The van der Waals surface area contributed by atoms with Crippen molar-refractivity contribution in [1.82, 2.24) is 0 Å². The average molecular weight is 252 g/mol. The van der Waals surface area contributed by atoms with Crippen molar-refractivity contribution in [3.8, 4) is 0 Å². The minimum absolute atomic E-state index is 0.214. The van der Waals surface area contributed by atoms with Crippen LogP contribution in [0.4, 0.5) is 0 Å². The van der Waals surface area contributed by atoms with Gasteiger partial charge >= 0.3 is 0 Å². The van der Waals surface area contributed by atoms with Crippen LogP contribution in [0.3, 0.4) is 0 Å². The van der Waals surface area contributed by atoms with Gasteiger partial charge in [-0.1, -0.05) is 62.5 Å². The van der Waals surface area contributed by atoms with Crippen LogP contribution < -0.4 is 0 Å². The Bertz CT molecular complexity index is 500. The van der Waals surface area contributed by atoms with Gasteiger partial charge in [0.1, 0.15) is 0 Å². The van der Waals surface area contributed by atoms with Gasteiger partial charge in [0.25, 0.3) is 0 Å². The molecule has 0 aliphatic heterocycles. The number of allylic oxidation sites excluding steroid dienone is 10. The average Bonchev–Trinajstić information content (AvgIpc) is 2.99. The summed E-state index contributed by atoms with van der Waals surface area (Å²) in [5.74, 6) is 0. The largest absolute Gasteiger partial charge is 0.0991 e. The molecule has 0 nitrogen and oxygen atoms in total. The van der Waals surface area contributed by atoms with Crippen molar-refractivity contribution in [3.05, 3.63) is 71.9 Å². The molecule has 100 valence electrons. The summed E-state index contributed by atoms with van der Waals surface area (Å²) in [6.07, 6.45) is 18.0. The van der Waals surface area contributed by atoms with E-state index in [9.17, 15) is 0 Å². The lowest BCUT2D eigenvalue weighted by Crippen LogP contribution is -2.17. The van der Waals surface area contributed by atoms with Gasteiger partial charge in [0, 0.05) is 5.41 Å². The molecule has 0 aromatic rings. The fourth-order valence-corrected chi connectivity index (χ4v) is 3.78. The third-order valence-corrected chi connectivity index (χ3v) is 4.47. The van der Waals surface area contributed by atoms with E-state index < -0.39 is 0 Å². The maximum Gasteiger partial charge on any atom is 0.0215 e. The molecule has 2 aliphatic rings. The lowest BCUT2D eigenvalue weighted by molar-refractivity contribution is 0.476. The highest BCUT2D eigenvalue weighted by atomic mass is 14.5. The number of rotatable bonds is 3. The molecule has 0 heteroatoms. The van der Waals surface area contributed by atoms with Gasteiger partial charge in [-0.05, 0) is 49.0 Å². The molecule has 0 bridgehead atoms. The molecule has 0 aromatic heterocycles. The van der Waals surface area contributed by atoms with Crippen molar-refractivity contribution in [1.29, 1.82) is 0 Å². The van der Waals surface area contributed by atoms with Gasteiger partial charge in [0.2, 0.25) is 0 Å². The fraction of sp³-hybridized carbons (Fsp3) is 0.368. The molecule has 1 saturated carbocycles. The Morgan fingerprint density at radius 3 is 2.26 bits per heavy atom. The van der Waals surface area contributed by atoms with Crippen molar-refractivity contribution in [3.63, 3.8) is 0 Å². The SMILES string of the molecule is C=C/C=C1\C(=C/C)C(C=C)=C(/C=C\C)C12CCCC2. The lowest BCUT2D eigenvalue weighted by Gasteiger charge is -2.28. The number of hydrogen-bond donors (Lipinski definition) is 0. The Labute approximate surface area is 117 Å². The van der Waals surface area contributed by atoms with E-state index in [1.165, 1.54) is 48.0 Å². The van der Waals surface area contributed by atoms with Crippen LogP contribution in [-0.2, 0) is 0 Å².